The average molecular weight is 468 g/mol. The van der Waals surface area contributed by atoms with Gasteiger partial charge in [0.2, 0.25) is 15.9 Å². The summed E-state index contributed by atoms with van der Waals surface area (Å²) in [5, 5.41) is 5.87. The summed E-state index contributed by atoms with van der Waals surface area (Å²) in [6.07, 6.45) is 5.48. The summed E-state index contributed by atoms with van der Waals surface area (Å²) < 4.78 is 27.6. The summed E-state index contributed by atoms with van der Waals surface area (Å²) in [6.45, 7) is 4.04. The number of benzene rings is 2. The maximum Gasteiger partial charge on any atom is 0.251 e. The van der Waals surface area contributed by atoms with E-state index in [4.69, 9.17) is 0 Å². The van der Waals surface area contributed by atoms with Crippen LogP contribution in [0.25, 0.3) is 0 Å². The lowest BCUT2D eigenvalue weighted by atomic mass is 9.87. The molecular weight excluding hydrogens is 438 g/mol. The van der Waals surface area contributed by atoms with Crippen LogP contribution in [-0.4, -0.2) is 43.7 Å². The van der Waals surface area contributed by atoms with Crippen LogP contribution in [0.3, 0.4) is 0 Å². The first-order valence-electron chi connectivity index (χ1n) is 11.3. The number of hydrogen-bond donors (Lipinski definition) is 2. The Kier molecular flexibility index (Phi) is 6.95. The first-order chi connectivity index (χ1) is 15.9. The normalized spacial score (nSPS) is 21.0. The molecular formula is C25H29N3O4S. The number of fused-ring (bicyclic) bond motifs is 1. The largest absolute Gasteiger partial charge is 0.349 e. The van der Waals surface area contributed by atoms with E-state index in [1.54, 1.807) is 12.1 Å². The highest BCUT2D eigenvalue weighted by atomic mass is 32.2. The van der Waals surface area contributed by atoms with E-state index in [2.05, 4.69) is 29.3 Å². The van der Waals surface area contributed by atoms with Crippen LogP contribution in [0.15, 0.2) is 66.1 Å². The van der Waals surface area contributed by atoms with Crippen molar-refractivity contribution in [1.29, 1.82) is 0 Å². The summed E-state index contributed by atoms with van der Waals surface area (Å²) >= 11 is 0. The van der Waals surface area contributed by atoms with Gasteiger partial charge in [-0.1, -0.05) is 30.8 Å². The second-order valence-corrected chi connectivity index (χ2v) is 10.5. The molecule has 2 aliphatic rings. The van der Waals surface area contributed by atoms with Gasteiger partial charge in [0.05, 0.1) is 10.9 Å². The van der Waals surface area contributed by atoms with Gasteiger partial charge in [0, 0.05) is 24.7 Å². The minimum Gasteiger partial charge on any atom is -0.349 e. The van der Waals surface area contributed by atoms with Crippen molar-refractivity contribution in [2.45, 2.75) is 49.1 Å². The molecule has 1 aliphatic carbocycles. The highest BCUT2D eigenvalue weighted by molar-refractivity contribution is 7.89. The fourth-order valence-electron chi connectivity index (χ4n) is 4.61. The maximum absolute atomic E-state index is 13.1. The molecule has 7 nitrogen and oxygen atoms in total. The Balaban J connectivity index is 1.44. The van der Waals surface area contributed by atoms with Gasteiger partial charge in [-0.25, -0.2) is 8.42 Å². The third kappa shape index (κ3) is 5.17. The zero-order valence-corrected chi connectivity index (χ0v) is 19.3. The standard InChI is InChI=1S/C25H29N3O4S/c1-2-24(29)26-20-9-6-16-28(17-20)33(31,32)21-14-12-19(13-15-21)25(30)27-23-11-5-8-18-7-3-4-10-22(18)23/h2-4,7,10,12-15,20,23H,1,5-6,8-9,11,16-17H2,(H,26,29)(H,27,30)/t20-,23?/m0/s1. The summed E-state index contributed by atoms with van der Waals surface area (Å²) in [7, 11) is -3.72. The van der Waals surface area contributed by atoms with E-state index in [1.165, 1.54) is 28.1 Å². The molecule has 2 N–H and O–H groups in total. The van der Waals surface area contributed by atoms with E-state index in [0.29, 0.717) is 18.5 Å². The Bertz CT molecular complexity index is 1140. The quantitative estimate of drug-likeness (QED) is 0.639. The van der Waals surface area contributed by atoms with Crippen molar-refractivity contribution in [3.63, 3.8) is 0 Å². The van der Waals surface area contributed by atoms with Crippen molar-refractivity contribution in [1.82, 2.24) is 14.9 Å². The van der Waals surface area contributed by atoms with Gasteiger partial charge >= 0.3 is 0 Å². The third-order valence-electron chi connectivity index (χ3n) is 6.34. The van der Waals surface area contributed by atoms with Crippen LogP contribution in [-0.2, 0) is 21.2 Å². The van der Waals surface area contributed by atoms with E-state index < -0.39 is 10.0 Å². The molecule has 2 aromatic rings. The molecule has 1 fully saturated rings. The zero-order valence-electron chi connectivity index (χ0n) is 18.5. The van der Waals surface area contributed by atoms with Crippen molar-refractivity contribution >= 4 is 21.8 Å². The Hall–Kier alpha value is -2.97. The first-order valence-corrected chi connectivity index (χ1v) is 12.7. The molecule has 2 amide bonds. The third-order valence-corrected chi connectivity index (χ3v) is 8.22. The lowest BCUT2D eigenvalue weighted by Gasteiger charge is -2.32. The predicted molar refractivity (Wildman–Crippen MR) is 126 cm³/mol. The van der Waals surface area contributed by atoms with Crippen LogP contribution in [0.5, 0.6) is 0 Å². The molecule has 0 aromatic heterocycles. The maximum atomic E-state index is 13.1. The van der Waals surface area contributed by atoms with Crippen molar-refractivity contribution < 1.29 is 18.0 Å². The Morgan fingerprint density at radius 2 is 1.76 bits per heavy atom. The fraction of sp³-hybridized carbons (Fsp3) is 0.360. The van der Waals surface area contributed by atoms with E-state index in [9.17, 15) is 18.0 Å². The van der Waals surface area contributed by atoms with Gasteiger partial charge in [0.1, 0.15) is 0 Å². The van der Waals surface area contributed by atoms with Gasteiger partial charge in [-0.05, 0) is 73.6 Å². The van der Waals surface area contributed by atoms with Crippen molar-refractivity contribution in [2.75, 3.05) is 13.1 Å². The van der Waals surface area contributed by atoms with Crippen molar-refractivity contribution in [2.24, 2.45) is 0 Å². The summed E-state index contributed by atoms with van der Waals surface area (Å²) in [6, 6.07) is 13.9. The highest BCUT2D eigenvalue weighted by Gasteiger charge is 2.31. The van der Waals surface area contributed by atoms with Gasteiger partial charge in [-0.15, -0.1) is 0 Å². The van der Waals surface area contributed by atoms with Gasteiger partial charge < -0.3 is 10.6 Å². The van der Waals surface area contributed by atoms with Gasteiger partial charge in [-0.3, -0.25) is 9.59 Å². The number of nitrogens with zero attached hydrogens (tertiary/aromatic N) is 1. The van der Waals surface area contributed by atoms with Gasteiger partial charge in [0.15, 0.2) is 0 Å². The number of aryl methyl sites for hydroxylation is 1. The minimum atomic E-state index is -3.72. The molecule has 4 rings (SSSR count). The molecule has 0 saturated carbocycles. The number of hydrogen-bond acceptors (Lipinski definition) is 4. The topological polar surface area (TPSA) is 95.6 Å². The molecule has 33 heavy (non-hydrogen) atoms. The van der Waals surface area contributed by atoms with Gasteiger partial charge in [-0.2, -0.15) is 4.31 Å². The molecule has 1 heterocycles. The van der Waals surface area contributed by atoms with Crippen LogP contribution in [0.1, 0.15) is 53.2 Å². The predicted octanol–water partition coefficient (Wildman–Crippen LogP) is 2.95. The summed E-state index contributed by atoms with van der Waals surface area (Å²) in [5.74, 6) is -0.527. The second-order valence-electron chi connectivity index (χ2n) is 8.56. The van der Waals surface area contributed by atoms with Crippen molar-refractivity contribution in [3.8, 4) is 0 Å². The molecule has 0 spiro atoms. The first kappa shape index (κ1) is 23.2. The lowest BCUT2D eigenvalue weighted by molar-refractivity contribution is -0.117. The number of carbonyl (C=O) groups excluding carboxylic acids is 2. The zero-order chi connectivity index (χ0) is 23.4. The average Bonchev–Trinajstić information content (AvgIpc) is 2.84. The molecule has 0 bridgehead atoms. The van der Waals surface area contributed by atoms with Gasteiger partial charge in [0.25, 0.3) is 5.91 Å². The number of sulfonamides is 1. The molecule has 2 aromatic carbocycles. The van der Waals surface area contributed by atoms with E-state index in [0.717, 1.165) is 31.2 Å². The Morgan fingerprint density at radius 1 is 1.00 bits per heavy atom. The molecule has 1 saturated heterocycles. The summed E-state index contributed by atoms with van der Waals surface area (Å²) in [4.78, 5) is 24.6. The number of carbonyl (C=O) groups is 2. The summed E-state index contributed by atoms with van der Waals surface area (Å²) in [5.41, 5.74) is 2.84. The SMILES string of the molecule is C=CC(=O)N[C@H]1CCCN(S(=O)(=O)c2ccc(C(=O)NC3CCCc4ccccc43)cc2)C1. The lowest BCUT2D eigenvalue weighted by Crippen LogP contribution is -2.49. The van der Waals surface area contributed by atoms with Crippen LogP contribution in [0.2, 0.25) is 0 Å². The number of rotatable bonds is 6. The second kappa shape index (κ2) is 9.89. The van der Waals surface area contributed by atoms with Crippen LogP contribution in [0.4, 0.5) is 0 Å². The molecule has 8 heteroatoms. The molecule has 1 unspecified atom stereocenters. The van der Waals surface area contributed by atoms with Crippen molar-refractivity contribution in [3.05, 3.63) is 77.9 Å². The van der Waals surface area contributed by atoms with E-state index in [-0.39, 0.29) is 35.3 Å². The molecule has 0 radical (unpaired) electrons. The smallest absolute Gasteiger partial charge is 0.251 e. The van der Waals surface area contributed by atoms with Crippen LogP contribution >= 0.6 is 0 Å². The van der Waals surface area contributed by atoms with Crippen LogP contribution in [0, 0.1) is 0 Å². The monoisotopic (exact) mass is 467 g/mol. The number of nitrogens with one attached hydrogen (secondary N) is 2. The molecule has 1 aliphatic heterocycles. The number of amides is 2. The Labute approximate surface area is 194 Å². The van der Waals surface area contributed by atoms with Crippen LogP contribution < -0.4 is 10.6 Å². The Morgan fingerprint density at radius 3 is 2.52 bits per heavy atom. The van der Waals surface area contributed by atoms with E-state index >= 15 is 0 Å². The fourth-order valence-corrected chi connectivity index (χ4v) is 6.14. The highest BCUT2D eigenvalue weighted by Crippen LogP contribution is 2.30. The molecule has 174 valence electrons. The number of piperidine rings is 1. The molecule has 2 atom stereocenters. The minimum absolute atomic E-state index is 0.0399. The van der Waals surface area contributed by atoms with E-state index in [1.807, 2.05) is 12.1 Å².